The standard InChI is InChI=1S/C18H29N/c1-12(2)16-10-15(14-8-6-5-7-9-14)11-17(13(3)4)18(16)19/h10-14H,5-9,19H2,1-4H3. The summed E-state index contributed by atoms with van der Waals surface area (Å²) in [6, 6.07) is 4.78. The van der Waals surface area contributed by atoms with Crippen molar-refractivity contribution < 1.29 is 0 Å². The summed E-state index contributed by atoms with van der Waals surface area (Å²) in [7, 11) is 0. The number of anilines is 1. The van der Waals surface area contributed by atoms with Crippen LogP contribution in [0.2, 0.25) is 0 Å². The quantitative estimate of drug-likeness (QED) is 0.706. The number of benzene rings is 1. The van der Waals surface area contributed by atoms with Crippen LogP contribution in [0.1, 0.15) is 94.2 Å². The minimum atomic E-state index is 0.515. The van der Waals surface area contributed by atoms with Gasteiger partial charge in [0.1, 0.15) is 0 Å². The van der Waals surface area contributed by atoms with Crippen LogP contribution in [0.3, 0.4) is 0 Å². The van der Waals surface area contributed by atoms with Crippen LogP contribution in [0, 0.1) is 0 Å². The molecule has 2 N–H and O–H groups in total. The van der Waals surface area contributed by atoms with Crippen LogP contribution >= 0.6 is 0 Å². The van der Waals surface area contributed by atoms with Crippen LogP contribution < -0.4 is 5.73 Å². The Kier molecular flexibility index (Phi) is 4.54. The molecule has 0 bridgehead atoms. The zero-order valence-corrected chi connectivity index (χ0v) is 13.0. The summed E-state index contributed by atoms with van der Waals surface area (Å²) in [5, 5.41) is 0. The monoisotopic (exact) mass is 259 g/mol. The smallest absolute Gasteiger partial charge is 0.0384 e. The number of rotatable bonds is 3. The van der Waals surface area contributed by atoms with Crippen molar-refractivity contribution in [2.75, 3.05) is 5.73 Å². The highest BCUT2D eigenvalue weighted by atomic mass is 14.6. The Balaban J connectivity index is 2.43. The van der Waals surface area contributed by atoms with E-state index in [1.807, 2.05) is 0 Å². The maximum atomic E-state index is 6.38. The number of hydrogen-bond donors (Lipinski definition) is 1. The minimum absolute atomic E-state index is 0.515. The van der Waals surface area contributed by atoms with Gasteiger partial charge in [-0.05, 0) is 47.3 Å². The van der Waals surface area contributed by atoms with Gasteiger partial charge in [-0.2, -0.15) is 0 Å². The molecule has 0 amide bonds. The predicted octanol–water partition coefficient (Wildman–Crippen LogP) is 5.56. The highest BCUT2D eigenvalue weighted by Crippen LogP contribution is 2.38. The van der Waals surface area contributed by atoms with Gasteiger partial charge in [-0.1, -0.05) is 59.1 Å². The van der Waals surface area contributed by atoms with E-state index in [1.165, 1.54) is 43.2 Å². The van der Waals surface area contributed by atoms with E-state index in [0.717, 1.165) is 11.6 Å². The number of nitrogens with two attached hydrogens (primary N) is 1. The lowest BCUT2D eigenvalue weighted by atomic mass is 9.80. The Morgan fingerprint density at radius 1 is 0.895 bits per heavy atom. The molecule has 0 aromatic heterocycles. The Hall–Kier alpha value is -0.980. The van der Waals surface area contributed by atoms with Crippen molar-refractivity contribution in [3.05, 3.63) is 28.8 Å². The molecule has 1 saturated carbocycles. The summed E-state index contributed by atoms with van der Waals surface area (Å²) in [6.45, 7) is 9.00. The summed E-state index contributed by atoms with van der Waals surface area (Å²) in [5.41, 5.74) is 11.7. The maximum Gasteiger partial charge on any atom is 0.0384 e. The first-order valence-electron chi connectivity index (χ1n) is 7.94. The molecule has 1 fully saturated rings. The molecule has 106 valence electrons. The molecule has 1 aliphatic carbocycles. The molecule has 0 spiro atoms. The van der Waals surface area contributed by atoms with Crippen molar-refractivity contribution in [3.8, 4) is 0 Å². The van der Waals surface area contributed by atoms with Gasteiger partial charge < -0.3 is 5.73 Å². The van der Waals surface area contributed by atoms with Crippen molar-refractivity contribution in [3.63, 3.8) is 0 Å². The van der Waals surface area contributed by atoms with E-state index in [0.29, 0.717) is 11.8 Å². The van der Waals surface area contributed by atoms with Gasteiger partial charge in [0, 0.05) is 5.69 Å². The van der Waals surface area contributed by atoms with Gasteiger partial charge in [0.05, 0.1) is 0 Å². The van der Waals surface area contributed by atoms with Crippen LogP contribution in [0.5, 0.6) is 0 Å². The molecular weight excluding hydrogens is 230 g/mol. The van der Waals surface area contributed by atoms with Gasteiger partial charge in [0.25, 0.3) is 0 Å². The van der Waals surface area contributed by atoms with Gasteiger partial charge in [-0.3, -0.25) is 0 Å². The first kappa shape index (κ1) is 14.4. The van der Waals surface area contributed by atoms with Crippen molar-refractivity contribution >= 4 is 5.69 Å². The fraction of sp³-hybridized carbons (Fsp3) is 0.667. The summed E-state index contributed by atoms with van der Waals surface area (Å²) in [5.74, 6) is 1.80. The second-order valence-corrected chi connectivity index (χ2v) is 6.76. The minimum Gasteiger partial charge on any atom is -0.398 e. The summed E-state index contributed by atoms with van der Waals surface area (Å²) in [4.78, 5) is 0. The van der Waals surface area contributed by atoms with Crippen LogP contribution in [0.15, 0.2) is 12.1 Å². The molecule has 0 atom stereocenters. The summed E-state index contributed by atoms with van der Waals surface area (Å²) < 4.78 is 0. The molecule has 2 rings (SSSR count). The average Bonchev–Trinajstić information content (AvgIpc) is 2.39. The molecule has 1 heteroatoms. The summed E-state index contributed by atoms with van der Waals surface area (Å²) in [6.07, 6.45) is 6.92. The van der Waals surface area contributed by atoms with E-state index in [1.54, 1.807) is 5.56 Å². The Morgan fingerprint density at radius 3 is 1.79 bits per heavy atom. The van der Waals surface area contributed by atoms with Crippen molar-refractivity contribution in [1.82, 2.24) is 0 Å². The molecule has 1 aromatic carbocycles. The lowest BCUT2D eigenvalue weighted by molar-refractivity contribution is 0.443. The lowest BCUT2D eigenvalue weighted by Crippen LogP contribution is -2.09. The van der Waals surface area contributed by atoms with Gasteiger partial charge in [-0.15, -0.1) is 0 Å². The van der Waals surface area contributed by atoms with Gasteiger partial charge in [0.2, 0.25) is 0 Å². The molecule has 0 unspecified atom stereocenters. The van der Waals surface area contributed by atoms with Crippen LogP contribution in [0.25, 0.3) is 0 Å². The van der Waals surface area contributed by atoms with Gasteiger partial charge >= 0.3 is 0 Å². The third-order valence-corrected chi connectivity index (χ3v) is 4.59. The van der Waals surface area contributed by atoms with E-state index in [-0.39, 0.29) is 0 Å². The van der Waals surface area contributed by atoms with E-state index in [4.69, 9.17) is 5.73 Å². The van der Waals surface area contributed by atoms with Crippen LogP contribution in [-0.4, -0.2) is 0 Å². The zero-order chi connectivity index (χ0) is 14.0. The SMILES string of the molecule is CC(C)c1cc(C2CCCCC2)cc(C(C)C)c1N. The van der Waals surface area contributed by atoms with Gasteiger partial charge in [-0.25, -0.2) is 0 Å². The maximum absolute atomic E-state index is 6.38. The van der Waals surface area contributed by atoms with E-state index in [9.17, 15) is 0 Å². The van der Waals surface area contributed by atoms with E-state index < -0.39 is 0 Å². The molecule has 1 aromatic rings. The molecule has 0 saturated heterocycles. The van der Waals surface area contributed by atoms with E-state index >= 15 is 0 Å². The van der Waals surface area contributed by atoms with Gasteiger partial charge in [0.15, 0.2) is 0 Å². The van der Waals surface area contributed by atoms with Crippen molar-refractivity contribution in [2.24, 2.45) is 0 Å². The fourth-order valence-electron chi connectivity index (χ4n) is 3.35. The first-order valence-corrected chi connectivity index (χ1v) is 7.94. The largest absolute Gasteiger partial charge is 0.398 e. The fourth-order valence-corrected chi connectivity index (χ4v) is 3.35. The number of nitrogen functional groups attached to an aromatic ring is 1. The predicted molar refractivity (Wildman–Crippen MR) is 84.9 cm³/mol. The highest BCUT2D eigenvalue weighted by Gasteiger charge is 2.20. The lowest BCUT2D eigenvalue weighted by Gasteiger charge is -2.26. The topological polar surface area (TPSA) is 26.0 Å². The van der Waals surface area contributed by atoms with Crippen molar-refractivity contribution in [1.29, 1.82) is 0 Å². The molecule has 0 heterocycles. The summed E-state index contributed by atoms with van der Waals surface area (Å²) >= 11 is 0. The normalized spacial score (nSPS) is 17.4. The second-order valence-electron chi connectivity index (χ2n) is 6.76. The molecular formula is C18H29N. The number of hydrogen-bond acceptors (Lipinski definition) is 1. The second kappa shape index (κ2) is 5.98. The van der Waals surface area contributed by atoms with Crippen LogP contribution in [0.4, 0.5) is 5.69 Å². The van der Waals surface area contributed by atoms with E-state index in [2.05, 4.69) is 39.8 Å². The Bertz CT molecular complexity index is 396. The Morgan fingerprint density at radius 2 is 1.37 bits per heavy atom. The molecule has 1 nitrogen and oxygen atoms in total. The van der Waals surface area contributed by atoms with Crippen LogP contribution in [-0.2, 0) is 0 Å². The first-order chi connectivity index (χ1) is 9.00. The highest BCUT2D eigenvalue weighted by molar-refractivity contribution is 5.58. The third-order valence-electron chi connectivity index (χ3n) is 4.59. The molecule has 19 heavy (non-hydrogen) atoms. The average molecular weight is 259 g/mol. The molecule has 0 radical (unpaired) electrons. The molecule has 0 aliphatic heterocycles. The molecule has 1 aliphatic rings. The Labute approximate surface area is 118 Å². The zero-order valence-electron chi connectivity index (χ0n) is 13.0. The third kappa shape index (κ3) is 3.13. The van der Waals surface area contributed by atoms with Crippen molar-refractivity contribution in [2.45, 2.75) is 77.6 Å².